The van der Waals surface area contributed by atoms with Crippen molar-refractivity contribution in [2.75, 3.05) is 4.90 Å². The van der Waals surface area contributed by atoms with Gasteiger partial charge in [0, 0.05) is 5.56 Å². The first-order valence-electron chi connectivity index (χ1n) is 7.06. The van der Waals surface area contributed by atoms with Crippen molar-refractivity contribution in [3.63, 3.8) is 0 Å². The van der Waals surface area contributed by atoms with E-state index >= 15 is 0 Å². The predicted molar refractivity (Wildman–Crippen MR) is 81.1 cm³/mol. The van der Waals surface area contributed by atoms with Crippen molar-refractivity contribution in [3.05, 3.63) is 59.4 Å². The summed E-state index contributed by atoms with van der Waals surface area (Å²) >= 11 is 0. The normalized spacial score (nSPS) is 16.7. The zero-order valence-electron chi connectivity index (χ0n) is 12.3. The van der Waals surface area contributed by atoms with Crippen LogP contribution in [-0.2, 0) is 11.3 Å². The summed E-state index contributed by atoms with van der Waals surface area (Å²) in [6, 6.07) is 10.5. The highest BCUT2D eigenvalue weighted by atomic mass is 19.1. The average Bonchev–Trinajstić information content (AvgIpc) is 2.53. The van der Waals surface area contributed by atoms with Crippen molar-refractivity contribution in [1.82, 2.24) is 0 Å². The summed E-state index contributed by atoms with van der Waals surface area (Å²) in [7, 11) is 0. The number of hydrogen-bond acceptors (Lipinski definition) is 3. The largest absolute Gasteiger partial charge is 0.479 e. The van der Waals surface area contributed by atoms with E-state index in [1.165, 1.54) is 29.2 Å². The highest BCUT2D eigenvalue weighted by Crippen LogP contribution is 2.36. The number of rotatable bonds is 3. The smallest absolute Gasteiger partial charge is 0.335 e. The number of carbonyl (C=O) groups is 2. The van der Waals surface area contributed by atoms with Crippen LogP contribution in [0, 0.1) is 5.82 Å². The van der Waals surface area contributed by atoms with Crippen LogP contribution in [0.3, 0.4) is 0 Å². The lowest BCUT2D eigenvalue weighted by Gasteiger charge is -2.33. The third kappa shape index (κ3) is 2.75. The number of carboxylic acid groups (broad SMARTS) is 1. The highest BCUT2D eigenvalue weighted by molar-refractivity contribution is 6.00. The molecule has 0 saturated carbocycles. The Labute approximate surface area is 131 Å². The molecule has 0 radical (unpaired) electrons. The molecule has 23 heavy (non-hydrogen) atoms. The zero-order chi connectivity index (χ0) is 16.6. The van der Waals surface area contributed by atoms with E-state index in [2.05, 4.69) is 0 Å². The van der Waals surface area contributed by atoms with Gasteiger partial charge in [0.1, 0.15) is 11.6 Å². The third-order valence-electron chi connectivity index (χ3n) is 3.70. The van der Waals surface area contributed by atoms with Gasteiger partial charge in [-0.3, -0.25) is 4.79 Å². The van der Waals surface area contributed by atoms with Crippen LogP contribution in [-0.4, -0.2) is 23.1 Å². The molecule has 5 nitrogen and oxygen atoms in total. The van der Waals surface area contributed by atoms with E-state index in [4.69, 9.17) is 9.84 Å². The predicted octanol–water partition coefficient (Wildman–Crippen LogP) is 2.84. The number of fused-ring (bicyclic) bond motifs is 1. The molecule has 1 heterocycles. The Hall–Kier alpha value is -2.89. The number of aromatic carboxylic acids is 1. The maximum atomic E-state index is 13.9. The molecular weight excluding hydrogens is 301 g/mol. The quantitative estimate of drug-likeness (QED) is 0.946. The number of benzene rings is 2. The fraction of sp³-hybridized carbons (Fsp3) is 0.176. The minimum atomic E-state index is -1.08. The van der Waals surface area contributed by atoms with Crippen LogP contribution in [0.15, 0.2) is 42.5 Å². The summed E-state index contributed by atoms with van der Waals surface area (Å²) in [6.07, 6.45) is -0.765. The van der Waals surface area contributed by atoms with Gasteiger partial charge in [0.05, 0.1) is 17.8 Å². The maximum absolute atomic E-state index is 13.9. The second-order valence-electron chi connectivity index (χ2n) is 5.26. The Morgan fingerprint density at radius 1 is 1.30 bits per heavy atom. The Balaban J connectivity index is 2.02. The van der Waals surface area contributed by atoms with Crippen molar-refractivity contribution < 1.29 is 23.8 Å². The Morgan fingerprint density at radius 3 is 2.74 bits per heavy atom. The van der Waals surface area contributed by atoms with Gasteiger partial charge in [0.15, 0.2) is 6.10 Å². The molecule has 0 fully saturated rings. The molecule has 0 aliphatic carbocycles. The second kappa shape index (κ2) is 5.72. The Morgan fingerprint density at radius 2 is 2.04 bits per heavy atom. The summed E-state index contributed by atoms with van der Waals surface area (Å²) < 4.78 is 19.4. The molecule has 6 heteroatoms. The summed E-state index contributed by atoms with van der Waals surface area (Å²) in [5, 5.41) is 9.06. The monoisotopic (exact) mass is 315 g/mol. The van der Waals surface area contributed by atoms with Gasteiger partial charge in [-0.05, 0) is 31.2 Å². The minimum absolute atomic E-state index is 0.0542. The number of anilines is 1. The molecule has 3 rings (SSSR count). The molecule has 1 aliphatic rings. The minimum Gasteiger partial charge on any atom is -0.479 e. The molecule has 1 N–H and O–H groups in total. The second-order valence-corrected chi connectivity index (χ2v) is 5.26. The van der Waals surface area contributed by atoms with E-state index in [-0.39, 0.29) is 18.0 Å². The highest BCUT2D eigenvalue weighted by Gasteiger charge is 2.32. The van der Waals surface area contributed by atoms with Crippen LogP contribution < -0.4 is 9.64 Å². The van der Waals surface area contributed by atoms with Gasteiger partial charge in [0.2, 0.25) is 0 Å². The van der Waals surface area contributed by atoms with Crippen molar-refractivity contribution in [1.29, 1.82) is 0 Å². The number of carboxylic acids is 1. The number of ether oxygens (including phenoxy) is 1. The molecule has 1 amide bonds. The molecular formula is C17H14FNO4. The summed E-state index contributed by atoms with van der Waals surface area (Å²) in [5.74, 6) is -1.48. The lowest BCUT2D eigenvalue weighted by molar-refractivity contribution is -0.125. The van der Waals surface area contributed by atoms with Crippen molar-refractivity contribution in [2.45, 2.75) is 19.6 Å². The third-order valence-corrected chi connectivity index (χ3v) is 3.70. The van der Waals surface area contributed by atoms with E-state index in [9.17, 15) is 14.0 Å². The van der Waals surface area contributed by atoms with E-state index < -0.39 is 17.9 Å². The molecule has 2 aromatic carbocycles. The van der Waals surface area contributed by atoms with Crippen LogP contribution in [0.5, 0.6) is 5.75 Å². The van der Waals surface area contributed by atoms with Gasteiger partial charge < -0.3 is 14.7 Å². The number of carbonyl (C=O) groups excluding carboxylic acids is 1. The first kappa shape index (κ1) is 15.0. The van der Waals surface area contributed by atoms with Crippen LogP contribution in [0.2, 0.25) is 0 Å². The van der Waals surface area contributed by atoms with Gasteiger partial charge in [-0.15, -0.1) is 0 Å². The van der Waals surface area contributed by atoms with Gasteiger partial charge in [0.25, 0.3) is 5.91 Å². The number of halogens is 1. The summed E-state index contributed by atoms with van der Waals surface area (Å²) in [5.41, 5.74) is 0.876. The van der Waals surface area contributed by atoms with Crippen molar-refractivity contribution in [3.8, 4) is 5.75 Å². The maximum Gasteiger partial charge on any atom is 0.335 e. The van der Waals surface area contributed by atoms with E-state index in [0.29, 0.717) is 17.0 Å². The SMILES string of the molecule is CC1Oc2cc(C(=O)O)ccc2N(Cc2ccccc2F)C1=O. The molecule has 0 bridgehead atoms. The Bertz CT molecular complexity index is 790. The standard InChI is InChI=1S/C17H14FNO4/c1-10-16(20)19(9-12-4-2-3-5-13(12)18)14-7-6-11(17(21)22)8-15(14)23-10/h2-8,10H,9H2,1H3,(H,21,22). The topological polar surface area (TPSA) is 66.8 Å². The molecule has 2 aromatic rings. The van der Waals surface area contributed by atoms with Crippen molar-refractivity contribution in [2.24, 2.45) is 0 Å². The van der Waals surface area contributed by atoms with Crippen molar-refractivity contribution >= 4 is 17.6 Å². The first-order chi connectivity index (χ1) is 11.0. The molecule has 0 spiro atoms. The number of hydrogen-bond donors (Lipinski definition) is 1. The van der Waals surface area contributed by atoms with Gasteiger partial charge >= 0.3 is 5.97 Å². The first-order valence-corrected chi connectivity index (χ1v) is 7.06. The van der Waals surface area contributed by atoms with Crippen LogP contribution in [0.25, 0.3) is 0 Å². The van der Waals surface area contributed by atoms with Crippen LogP contribution in [0.1, 0.15) is 22.8 Å². The zero-order valence-corrected chi connectivity index (χ0v) is 12.3. The van der Waals surface area contributed by atoms with E-state index in [1.54, 1.807) is 25.1 Å². The van der Waals surface area contributed by atoms with E-state index in [1.807, 2.05) is 0 Å². The fourth-order valence-electron chi connectivity index (χ4n) is 2.50. The molecule has 1 aliphatic heterocycles. The van der Waals surface area contributed by atoms with Gasteiger partial charge in [-0.25, -0.2) is 9.18 Å². The number of amides is 1. The molecule has 118 valence electrons. The molecule has 0 aromatic heterocycles. The molecule has 1 unspecified atom stereocenters. The van der Waals surface area contributed by atoms with Crippen LogP contribution >= 0.6 is 0 Å². The lowest BCUT2D eigenvalue weighted by atomic mass is 10.1. The average molecular weight is 315 g/mol. The molecule has 1 atom stereocenters. The summed E-state index contributed by atoms with van der Waals surface area (Å²) in [6.45, 7) is 1.63. The van der Waals surface area contributed by atoms with Gasteiger partial charge in [-0.1, -0.05) is 18.2 Å². The van der Waals surface area contributed by atoms with Gasteiger partial charge in [-0.2, -0.15) is 0 Å². The number of nitrogens with zero attached hydrogens (tertiary/aromatic N) is 1. The Kier molecular flexibility index (Phi) is 3.73. The van der Waals surface area contributed by atoms with Crippen LogP contribution in [0.4, 0.5) is 10.1 Å². The molecule has 0 saturated heterocycles. The summed E-state index contributed by atoms with van der Waals surface area (Å²) in [4.78, 5) is 24.9. The van der Waals surface area contributed by atoms with E-state index in [0.717, 1.165) is 0 Å². The fourth-order valence-corrected chi connectivity index (χ4v) is 2.50. The lowest BCUT2D eigenvalue weighted by Crippen LogP contribution is -2.44.